The van der Waals surface area contributed by atoms with E-state index < -0.39 is 0 Å². The van der Waals surface area contributed by atoms with Crippen molar-refractivity contribution in [2.75, 3.05) is 26.2 Å². The van der Waals surface area contributed by atoms with Crippen molar-refractivity contribution >= 4 is 5.96 Å². The zero-order valence-electron chi connectivity index (χ0n) is 20.1. The number of hydrogen-bond acceptors (Lipinski definition) is 1. The van der Waals surface area contributed by atoms with E-state index in [-0.39, 0.29) is 0 Å². The highest BCUT2D eigenvalue weighted by atomic mass is 15.4. The number of rotatable bonds is 20. The van der Waals surface area contributed by atoms with Gasteiger partial charge in [0.25, 0.3) is 5.96 Å². The molecule has 2 N–H and O–H groups in total. The van der Waals surface area contributed by atoms with Crippen molar-refractivity contribution in [2.45, 2.75) is 130 Å². The molecule has 0 aliphatic rings. The maximum atomic E-state index is 6.73. The Kier molecular flexibility index (Phi) is 19.3. The van der Waals surface area contributed by atoms with Crippen LogP contribution < -0.4 is 5.73 Å². The topological polar surface area (TPSA) is 38.4 Å². The van der Waals surface area contributed by atoms with E-state index in [1.807, 2.05) is 0 Å². The van der Waals surface area contributed by atoms with Crippen LogP contribution in [0.2, 0.25) is 0 Å². The predicted molar refractivity (Wildman–Crippen MR) is 128 cm³/mol. The maximum absolute atomic E-state index is 6.73. The van der Waals surface area contributed by atoms with Crippen LogP contribution in [0.4, 0.5) is 0 Å². The van der Waals surface area contributed by atoms with E-state index >= 15 is 0 Å². The third kappa shape index (κ3) is 13.6. The molecule has 0 atom stereocenters. The molecule has 0 radical (unpaired) electrons. The van der Waals surface area contributed by atoms with E-state index in [4.69, 9.17) is 10.7 Å². The summed E-state index contributed by atoms with van der Waals surface area (Å²) in [7, 11) is 0. The van der Waals surface area contributed by atoms with Gasteiger partial charge in [0, 0.05) is 6.54 Å². The van der Waals surface area contributed by atoms with Crippen molar-refractivity contribution < 1.29 is 4.48 Å². The van der Waals surface area contributed by atoms with Crippen LogP contribution in [-0.2, 0) is 0 Å². The van der Waals surface area contributed by atoms with Crippen LogP contribution >= 0.6 is 0 Å². The quantitative estimate of drug-likeness (QED) is 0.0987. The highest BCUT2D eigenvalue weighted by molar-refractivity contribution is 5.71. The largest absolute Gasteiger partial charge is 0.338 e. The van der Waals surface area contributed by atoms with E-state index in [9.17, 15) is 0 Å². The van der Waals surface area contributed by atoms with Gasteiger partial charge in [-0.3, -0.25) is 4.48 Å². The third-order valence-electron chi connectivity index (χ3n) is 6.09. The van der Waals surface area contributed by atoms with Crippen LogP contribution in [0.5, 0.6) is 0 Å². The molecule has 0 aliphatic carbocycles. The molecule has 0 rings (SSSR count). The molecule has 0 fully saturated rings. The zero-order chi connectivity index (χ0) is 20.9. The second-order valence-electron chi connectivity index (χ2n) is 8.80. The van der Waals surface area contributed by atoms with Crippen LogP contribution in [0.3, 0.4) is 0 Å². The SMILES string of the molecule is CCCCCCN=C(N)[N+](CCCCCC)(CCCCCC)CCCCCC. The van der Waals surface area contributed by atoms with Crippen molar-refractivity contribution in [3.63, 3.8) is 0 Å². The van der Waals surface area contributed by atoms with Gasteiger partial charge in [-0.15, -0.1) is 0 Å². The monoisotopic (exact) mass is 396 g/mol. The molecule has 0 unspecified atom stereocenters. The molecule has 0 aromatic carbocycles. The fraction of sp³-hybridized carbons (Fsp3) is 0.960. The number of aliphatic imine (C=N–C) groups is 1. The standard InChI is InChI=1S/C25H54N3/c1-5-9-13-17-21-27-25(26)28(22-18-14-10-6-2,23-19-15-11-7-3)24-20-16-12-8-4/h5-24H2,1-4H3,(H2,26,27)/q+1. The van der Waals surface area contributed by atoms with Crippen molar-refractivity contribution in [2.24, 2.45) is 10.7 Å². The van der Waals surface area contributed by atoms with E-state index in [0.717, 1.165) is 17.0 Å². The molecule has 0 saturated heterocycles. The summed E-state index contributed by atoms with van der Waals surface area (Å²) in [4.78, 5) is 4.93. The molecule has 0 amide bonds. The van der Waals surface area contributed by atoms with Crippen LogP contribution in [0.25, 0.3) is 0 Å². The maximum Gasteiger partial charge on any atom is 0.294 e. The van der Waals surface area contributed by atoms with E-state index in [1.165, 1.54) is 122 Å². The minimum Gasteiger partial charge on any atom is -0.338 e. The lowest BCUT2D eigenvalue weighted by Crippen LogP contribution is -2.58. The molecule has 0 aromatic heterocycles. The average Bonchev–Trinajstić information content (AvgIpc) is 2.70. The summed E-state index contributed by atoms with van der Waals surface area (Å²) in [5.41, 5.74) is 6.73. The summed E-state index contributed by atoms with van der Waals surface area (Å²) in [6.45, 7) is 13.7. The molecule has 168 valence electrons. The van der Waals surface area contributed by atoms with Gasteiger partial charge >= 0.3 is 0 Å². The highest BCUT2D eigenvalue weighted by Crippen LogP contribution is 2.18. The second-order valence-corrected chi connectivity index (χ2v) is 8.80. The van der Waals surface area contributed by atoms with Gasteiger partial charge in [-0.2, -0.15) is 0 Å². The molecule has 0 heterocycles. The smallest absolute Gasteiger partial charge is 0.294 e. The number of guanidine groups is 1. The Morgan fingerprint density at radius 1 is 0.536 bits per heavy atom. The number of quaternary nitrogens is 1. The van der Waals surface area contributed by atoms with Gasteiger partial charge in [0.15, 0.2) is 0 Å². The summed E-state index contributed by atoms with van der Waals surface area (Å²) in [6.07, 6.45) is 20.9. The fourth-order valence-corrected chi connectivity index (χ4v) is 4.08. The summed E-state index contributed by atoms with van der Waals surface area (Å²) >= 11 is 0. The molecule has 0 spiro atoms. The van der Waals surface area contributed by atoms with Gasteiger partial charge in [-0.25, -0.2) is 4.99 Å². The van der Waals surface area contributed by atoms with Gasteiger partial charge < -0.3 is 5.73 Å². The minimum atomic E-state index is 0.921. The van der Waals surface area contributed by atoms with Crippen molar-refractivity contribution in [3.05, 3.63) is 0 Å². The summed E-state index contributed by atoms with van der Waals surface area (Å²) in [5, 5.41) is 0. The molecule has 0 bridgehead atoms. The fourth-order valence-electron chi connectivity index (χ4n) is 4.08. The zero-order valence-corrected chi connectivity index (χ0v) is 20.1. The predicted octanol–water partition coefficient (Wildman–Crippen LogP) is 7.44. The van der Waals surface area contributed by atoms with Crippen LogP contribution in [-0.4, -0.2) is 36.6 Å². The van der Waals surface area contributed by atoms with Gasteiger partial charge in [-0.05, 0) is 44.9 Å². The van der Waals surface area contributed by atoms with Crippen LogP contribution in [0.1, 0.15) is 130 Å². The van der Waals surface area contributed by atoms with Gasteiger partial charge in [0.2, 0.25) is 0 Å². The number of hydrogen-bond donors (Lipinski definition) is 1. The van der Waals surface area contributed by atoms with E-state index in [1.54, 1.807) is 0 Å². The summed E-state index contributed by atoms with van der Waals surface area (Å²) in [6, 6.07) is 0. The summed E-state index contributed by atoms with van der Waals surface area (Å²) in [5.74, 6) is 0.945. The normalized spacial score (nSPS) is 12.6. The Morgan fingerprint density at radius 3 is 1.25 bits per heavy atom. The van der Waals surface area contributed by atoms with Crippen molar-refractivity contribution in [1.82, 2.24) is 0 Å². The molecule has 0 aliphatic heterocycles. The molecule has 3 nitrogen and oxygen atoms in total. The Hall–Kier alpha value is -0.570. The first-order chi connectivity index (χ1) is 13.7. The molecular formula is C25H54N3+. The number of nitrogens with zero attached hydrogens (tertiary/aromatic N) is 2. The Balaban J connectivity index is 5.05. The first-order valence-electron chi connectivity index (χ1n) is 12.8. The lowest BCUT2D eigenvalue weighted by molar-refractivity contribution is -0.844. The molecular weight excluding hydrogens is 342 g/mol. The van der Waals surface area contributed by atoms with Crippen molar-refractivity contribution in [1.29, 1.82) is 0 Å². The van der Waals surface area contributed by atoms with E-state index in [0.29, 0.717) is 0 Å². The average molecular weight is 397 g/mol. The Labute approximate surface area is 178 Å². The van der Waals surface area contributed by atoms with Crippen molar-refractivity contribution in [3.8, 4) is 0 Å². The first kappa shape index (κ1) is 27.4. The van der Waals surface area contributed by atoms with Gasteiger partial charge in [0.05, 0.1) is 19.6 Å². The number of nitrogens with two attached hydrogens (primary N) is 1. The van der Waals surface area contributed by atoms with Crippen LogP contribution in [0.15, 0.2) is 4.99 Å². The first-order valence-corrected chi connectivity index (χ1v) is 12.8. The van der Waals surface area contributed by atoms with E-state index in [2.05, 4.69) is 27.7 Å². The summed E-state index contributed by atoms with van der Waals surface area (Å²) < 4.78 is 0.977. The van der Waals surface area contributed by atoms with Gasteiger partial charge in [-0.1, -0.05) is 85.5 Å². The molecule has 0 aromatic rings. The lowest BCUT2D eigenvalue weighted by Gasteiger charge is -2.37. The van der Waals surface area contributed by atoms with Crippen LogP contribution in [0, 0.1) is 0 Å². The highest BCUT2D eigenvalue weighted by Gasteiger charge is 2.31. The third-order valence-corrected chi connectivity index (χ3v) is 6.09. The van der Waals surface area contributed by atoms with Gasteiger partial charge in [0.1, 0.15) is 0 Å². The minimum absolute atomic E-state index is 0.921. The second kappa shape index (κ2) is 19.7. The number of unbranched alkanes of at least 4 members (excludes halogenated alkanes) is 12. The molecule has 0 saturated carbocycles. The molecule has 3 heteroatoms. The Bertz CT molecular complexity index is 320. The lowest BCUT2D eigenvalue weighted by atomic mass is 10.1. The Morgan fingerprint density at radius 2 is 0.893 bits per heavy atom. The molecule has 28 heavy (non-hydrogen) atoms.